The molecule has 1 aromatic heterocycles. The standard InChI is InChI=1S/C22H31N5O3/c1-3-16(2)27(14-19-24-18-9-5-4-8-17(18)22(30)25-19)15-20(28)23-11-7-13-26-12-6-10-21(26)29/h4-5,8-9,16H,3,6-7,10-15H2,1-2H3,(H,23,28)(H,24,25,30). The molecule has 1 unspecified atom stereocenters. The van der Waals surface area contributed by atoms with E-state index in [1.807, 2.05) is 28.0 Å². The Hall–Kier alpha value is -2.74. The molecule has 30 heavy (non-hydrogen) atoms. The van der Waals surface area contributed by atoms with Gasteiger partial charge in [0.2, 0.25) is 11.8 Å². The van der Waals surface area contributed by atoms with Gasteiger partial charge in [-0.05, 0) is 38.3 Å². The van der Waals surface area contributed by atoms with E-state index in [1.165, 1.54) is 0 Å². The summed E-state index contributed by atoms with van der Waals surface area (Å²) >= 11 is 0. The molecule has 2 amide bonds. The van der Waals surface area contributed by atoms with E-state index in [0.717, 1.165) is 25.8 Å². The first-order valence-electron chi connectivity index (χ1n) is 10.7. The Labute approximate surface area is 176 Å². The highest BCUT2D eigenvalue weighted by molar-refractivity contribution is 5.79. The van der Waals surface area contributed by atoms with Crippen LogP contribution in [0.4, 0.5) is 0 Å². The van der Waals surface area contributed by atoms with Gasteiger partial charge in [-0.25, -0.2) is 4.98 Å². The summed E-state index contributed by atoms with van der Waals surface area (Å²) < 4.78 is 0. The smallest absolute Gasteiger partial charge is 0.258 e. The van der Waals surface area contributed by atoms with Gasteiger partial charge in [-0.15, -0.1) is 0 Å². The van der Waals surface area contributed by atoms with Crippen LogP contribution < -0.4 is 10.9 Å². The van der Waals surface area contributed by atoms with E-state index in [1.54, 1.807) is 6.07 Å². The van der Waals surface area contributed by atoms with Crippen LogP contribution in [-0.4, -0.2) is 63.8 Å². The number of aromatic amines is 1. The Kier molecular flexibility index (Phi) is 7.57. The first-order chi connectivity index (χ1) is 14.5. The molecule has 8 heteroatoms. The van der Waals surface area contributed by atoms with Gasteiger partial charge in [0.05, 0.1) is 24.0 Å². The minimum Gasteiger partial charge on any atom is -0.355 e. The highest BCUT2D eigenvalue weighted by atomic mass is 16.2. The van der Waals surface area contributed by atoms with Gasteiger partial charge in [0.1, 0.15) is 5.82 Å². The normalized spacial score (nSPS) is 15.2. The van der Waals surface area contributed by atoms with Crippen molar-refractivity contribution in [3.8, 4) is 0 Å². The molecule has 1 aromatic carbocycles. The Balaban J connectivity index is 1.56. The number of amides is 2. The minimum absolute atomic E-state index is 0.0637. The topological polar surface area (TPSA) is 98.4 Å². The number of fused-ring (bicyclic) bond motifs is 1. The Morgan fingerprint density at radius 1 is 1.33 bits per heavy atom. The van der Waals surface area contributed by atoms with Crippen molar-refractivity contribution < 1.29 is 9.59 Å². The quantitative estimate of drug-likeness (QED) is 0.577. The summed E-state index contributed by atoms with van der Waals surface area (Å²) in [7, 11) is 0. The van der Waals surface area contributed by atoms with Crippen LogP contribution in [-0.2, 0) is 16.1 Å². The van der Waals surface area contributed by atoms with E-state index in [0.29, 0.717) is 42.8 Å². The van der Waals surface area contributed by atoms with Crippen molar-refractivity contribution in [3.63, 3.8) is 0 Å². The molecule has 1 aliphatic heterocycles. The predicted molar refractivity (Wildman–Crippen MR) is 116 cm³/mol. The largest absolute Gasteiger partial charge is 0.355 e. The van der Waals surface area contributed by atoms with E-state index in [2.05, 4.69) is 29.1 Å². The zero-order valence-corrected chi connectivity index (χ0v) is 17.8. The third-order valence-corrected chi connectivity index (χ3v) is 5.67. The first-order valence-corrected chi connectivity index (χ1v) is 10.7. The van der Waals surface area contributed by atoms with Crippen molar-refractivity contribution in [3.05, 3.63) is 40.4 Å². The third-order valence-electron chi connectivity index (χ3n) is 5.67. The number of likely N-dealkylation sites (tertiary alicyclic amines) is 1. The minimum atomic E-state index is -0.166. The van der Waals surface area contributed by atoms with Crippen molar-refractivity contribution in [2.75, 3.05) is 26.2 Å². The average molecular weight is 414 g/mol. The zero-order valence-electron chi connectivity index (χ0n) is 17.8. The molecule has 162 valence electrons. The molecule has 0 saturated carbocycles. The molecule has 0 spiro atoms. The maximum Gasteiger partial charge on any atom is 0.258 e. The number of hydrogen-bond donors (Lipinski definition) is 2. The zero-order chi connectivity index (χ0) is 21.5. The van der Waals surface area contributed by atoms with Crippen LogP contribution in [0.2, 0.25) is 0 Å². The van der Waals surface area contributed by atoms with Gasteiger partial charge in [0.15, 0.2) is 0 Å². The second-order valence-corrected chi connectivity index (χ2v) is 7.88. The van der Waals surface area contributed by atoms with Crippen LogP contribution in [0.5, 0.6) is 0 Å². The number of nitrogens with one attached hydrogen (secondary N) is 2. The highest BCUT2D eigenvalue weighted by Gasteiger charge is 2.20. The molecule has 0 bridgehead atoms. The van der Waals surface area contributed by atoms with Gasteiger partial charge in [0, 0.05) is 32.1 Å². The summed E-state index contributed by atoms with van der Waals surface area (Å²) in [6.45, 7) is 6.81. The maximum absolute atomic E-state index is 12.5. The fraction of sp³-hybridized carbons (Fsp3) is 0.545. The molecular weight excluding hydrogens is 382 g/mol. The lowest BCUT2D eigenvalue weighted by molar-refractivity contribution is -0.127. The summed E-state index contributed by atoms with van der Waals surface area (Å²) in [5.41, 5.74) is 0.488. The third kappa shape index (κ3) is 5.66. The van der Waals surface area contributed by atoms with Crippen molar-refractivity contribution in [1.82, 2.24) is 25.1 Å². The molecule has 8 nitrogen and oxygen atoms in total. The van der Waals surface area contributed by atoms with Gasteiger partial charge in [-0.1, -0.05) is 19.1 Å². The van der Waals surface area contributed by atoms with Gasteiger partial charge < -0.3 is 15.2 Å². The lowest BCUT2D eigenvalue weighted by Gasteiger charge is -2.27. The number of para-hydroxylation sites is 1. The molecule has 0 radical (unpaired) electrons. The summed E-state index contributed by atoms with van der Waals surface area (Å²) in [6, 6.07) is 7.40. The van der Waals surface area contributed by atoms with Crippen LogP contribution in [0, 0.1) is 0 Å². The lowest BCUT2D eigenvalue weighted by Crippen LogP contribution is -2.42. The second kappa shape index (κ2) is 10.3. The number of H-pyrrole nitrogens is 1. The molecule has 1 aliphatic rings. The van der Waals surface area contributed by atoms with Crippen LogP contribution in [0.1, 0.15) is 45.4 Å². The van der Waals surface area contributed by atoms with Crippen molar-refractivity contribution in [1.29, 1.82) is 0 Å². The number of carbonyl (C=O) groups excluding carboxylic acids is 2. The molecule has 2 N–H and O–H groups in total. The lowest BCUT2D eigenvalue weighted by atomic mass is 10.2. The molecule has 3 rings (SSSR count). The highest BCUT2D eigenvalue weighted by Crippen LogP contribution is 2.11. The van der Waals surface area contributed by atoms with Crippen molar-refractivity contribution >= 4 is 22.7 Å². The number of aromatic nitrogens is 2. The molecule has 1 fully saturated rings. The second-order valence-electron chi connectivity index (χ2n) is 7.88. The SMILES string of the molecule is CCC(C)N(CC(=O)NCCCN1CCCC1=O)Cc1nc2ccccc2c(=O)[nH]1. The fourth-order valence-electron chi connectivity index (χ4n) is 3.71. The van der Waals surface area contributed by atoms with Gasteiger partial charge in [-0.3, -0.25) is 19.3 Å². The number of carbonyl (C=O) groups is 2. The van der Waals surface area contributed by atoms with E-state index in [-0.39, 0.29) is 30.0 Å². The van der Waals surface area contributed by atoms with Crippen LogP contribution in [0.15, 0.2) is 29.1 Å². The fourth-order valence-corrected chi connectivity index (χ4v) is 3.71. The predicted octanol–water partition coefficient (Wildman–Crippen LogP) is 1.65. The Morgan fingerprint density at radius 2 is 2.13 bits per heavy atom. The van der Waals surface area contributed by atoms with Crippen LogP contribution in [0.25, 0.3) is 10.9 Å². The molecular formula is C22H31N5O3. The molecule has 2 heterocycles. The number of nitrogens with zero attached hydrogens (tertiary/aromatic N) is 3. The van der Waals surface area contributed by atoms with Crippen LogP contribution >= 0.6 is 0 Å². The summed E-state index contributed by atoms with van der Waals surface area (Å²) in [5.74, 6) is 0.701. The summed E-state index contributed by atoms with van der Waals surface area (Å²) in [4.78, 5) is 47.7. The van der Waals surface area contributed by atoms with Crippen molar-refractivity contribution in [2.24, 2.45) is 0 Å². The Morgan fingerprint density at radius 3 is 2.87 bits per heavy atom. The summed E-state index contributed by atoms with van der Waals surface area (Å²) in [6.07, 6.45) is 3.20. The van der Waals surface area contributed by atoms with Crippen molar-refractivity contribution in [2.45, 2.75) is 52.1 Å². The maximum atomic E-state index is 12.5. The van der Waals surface area contributed by atoms with Gasteiger partial charge >= 0.3 is 0 Å². The van der Waals surface area contributed by atoms with E-state index >= 15 is 0 Å². The average Bonchev–Trinajstić information content (AvgIpc) is 3.15. The monoisotopic (exact) mass is 413 g/mol. The molecule has 1 saturated heterocycles. The molecule has 1 atom stereocenters. The number of benzene rings is 1. The van der Waals surface area contributed by atoms with E-state index < -0.39 is 0 Å². The van der Waals surface area contributed by atoms with E-state index in [4.69, 9.17) is 0 Å². The number of hydrogen-bond acceptors (Lipinski definition) is 5. The van der Waals surface area contributed by atoms with Gasteiger partial charge in [-0.2, -0.15) is 0 Å². The first kappa shape index (κ1) is 22.0. The number of rotatable bonds is 10. The van der Waals surface area contributed by atoms with Crippen LogP contribution in [0.3, 0.4) is 0 Å². The molecule has 2 aromatic rings. The van der Waals surface area contributed by atoms with E-state index in [9.17, 15) is 14.4 Å². The molecule has 0 aliphatic carbocycles. The van der Waals surface area contributed by atoms with Gasteiger partial charge in [0.25, 0.3) is 5.56 Å². The Bertz CT molecular complexity index is 942. The summed E-state index contributed by atoms with van der Waals surface area (Å²) in [5, 5.41) is 3.51.